The summed E-state index contributed by atoms with van der Waals surface area (Å²) >= 11 is 14.6. The van der Waals surface area contributed by atoms with Crippen molar-refractivity contribution in [3.63, 3.8) is 0 Å². The third kappa shape index (κ3) is 61.2. The van der Waals surface area contributed by atoms with E-state index in [2.05, 4.69) is 62.0 Å². The van der Waals surface area contributed by atoms with E-state index in [0.717, 1.165) is 12.8 Å². The minimum Gasteiger partial charge on any atom is -0.850 e. The summed E-state index contributed by atoms with van der Waals surface area (Å²) in [4.78, 5) is 37.2. The minimum absolute atomic E-state index is 0. The first-order valence-corrected chi connectivity index (χ1v) is 25.0. The third-order valence-corrected chi connectivity index (χ3v) is 7.51. The van der Waals surface area contributed by atoms with Gasteiger partial charge in [0.1, 0.15) is 11.5 Å². The quantitative estimate of drug-likeness (QED) is 0.0512. The average molecular weight is 975 g/mol. The van der Waals surface area contributed by atoms with Gasteiger partial charge in [-0.25, -0.2) is 0 Å². The van der Waals surface area contributed by atoms with Crippen LogP contribution in [0.1, 0.15) is 153 Å². The van der Waals surface area contributed by atoms with E-state index in [0.29, 0.717) is 11.5 Å². The van der Waals surface area contributed by atoms with Crippen molar-refractivity contribution in [1.82, 2.24) is 0 Å². The molecule has 0 saturated heterocycles. The van der Waals surface area contributed by atoms with E-state index >= 15 is 0 Å². The van der Waals surface area contributed by atoms with Crippen LogP contribution in [0.25, 0.3) is 0 Å². The van der Waals surface area contributed by atoms with Gasteiger partial charge in [-0.1, -0.05) is 154 Å². The van der Waals surface area contributed by atoms with E-state index in [1.807, 2.05) is 24.3 Å². The van der Waals surface area contributed by atoms with Gasteiger partial charge in [0, 0.05) is 0 Å². The fourth-order valence-corrected chi connectivity index (χ4v) is 4.96. The number of aromatic hydroxyl groups is 2. The Kier molecular flexibility index (Phi) is 52.1. The van der Waals surface area contributed by atoms with Crippen LogP contribution in [0.3, 0.4) is 0 Å². The monoisotopic (exact) mass is 970 g/mol. The summed E-state index contributed by atoms with van der Waals surface area (Å²) in [7, 11) is 0. The molecular weight excluding hydrogens is 915 g/mol. The molecule has 15 heteroatoms. The van der Waals surface area contributed by atoms with Crippen molar-refractivity contribution in [2.45, 2.75) is 155 Å². The van der Waals surface area contributed by atoms with Crippen LogP contribution in [0.2, 0.25) is 0 Å². The number of benzene rings is 2. The van der Waals surface area contributed by atoms with Crippen molar-refractivity contribution >= 4 is 59.5 Å². The Morgan fingerprint density at radius 2 is 0.608 bits per heavy atom. The molecule has 0 aliphatic heterocycles. The molecule has 0 aromatic heterocycles. The maximum Gasteiger partial charge on any atom is 2.00 e. The van der Waals surface area contributed by atoms with Crippen LogP contribution in [0, 0.1) is 0 Å². The molecule has 0 amide bonds. The van der Waals surface area contributed by atoms with Gasteiger partial charge >= 0.3 is 58.4 Å². The number of unbranched alkanes of at least 4 members (excludes halogenated alkanes) is 18. The Hall–Kier alpha value is 1.75. The van der Waals surface area contributed by atoms with Crippen molar-refractivity contribution in [3.05, 3.63) is 59.7 Å². The topological polar surface area (TPSA) is 133 Å². The van der Waals surface area contributed by atoms with Crippen LogP contribution < -0.4 is 19.6 Å². The zero-order valence-electron chi connectivity index (χ0n) is 31.4. The fraction of sp³-hybridized carbons (Fsp3) is 0.667. The zero-order valence-corrected chi connectivity index (χ0v) is 45.3. The minimum atomic E-state index is -3.72. The Morgan fingerprint density at radius 1 is 0.431 bits per heavy atom. The molecule has 0 fully saturated rings. The summed E-state index contributed by atoms with van der Waals surface area (Å²) in [6.07, 6.45) is 30.0. The number of phenols is 2. The van der Waals surface area contributed by atoms with E-state index in [9.17, 15) is 29.8 Å². The number of hydrogen-bond acceptors (Lipinski definition) is 10. The Morgan fingerprint density at radius 3 is 0.804 bits per heavy atom. The molecule has 6 nitrogen and oxygen atoms in total. The molecule has 0 unspecified atom stereocenters. The molecule has 2 aromatic rings. The van der Waals surface area contributed by atoms with Crippen LogP contribution >= 0.6 is 11.4 Å². The van der Waals surface area contributed by atoms with E-state index < -0.39 is 11.4 Å². The van der Waals surface area contributed by atoms with Crippen LogP contribution in [0.5, 0.6) is 11.5 Å². The van der Waals surface area contributed by atoms with Crippen LogP contribution in [0.4, 0.5) is 0 Å². The fourth-order valence-electron chi connectivity index (χ4n) is 4.96. The van der Waals surface area contributed by atoms with E-state index in [1.165, 1.54) is 140 Å². The van der Waals surface area contributed by atoms with Gasteiger partial charge in [0.05, 0.1) is 0 Å². The van der Waals surface area contributed by atoms with Crippen molar-refractivity contribution in [3.8, 4) is 11.5 Å². The molecule has 2 rings (SSSR count). The van der Waals surface area contributed by atoms with E-state index in [4.69, 9.17) is 0 Å². The second-order valence-electron chi connectivity index (χ2n) is 12.1. The molecule has 0 atom stereocenters. The first kappa shape index (κ1) is 62.0. The molecular formula is C36H60O6P2S4Zn3. The van der Waals surface area contributed by atoms with E-state index in [1.54, 1.807) is 24.3 Å². The smallest absolute Gasteiger partial charge is 0.850 e. The van der Waals surface area contributed by atoms with Crippen molar-refractivity contribution in [1.29, 1.82) is 0 Å². The Balaban J connectivity index is -0.000000209. The predicted octanol–water partition coefficient (Wildman–Crippen LogP) is 8.66. The van der Waals surface area contributed by atoms with Crippen molar-refractivity contribution in [2.24, 2.45) is 0 Å². The Labute approximate surface area is 370 Å². The van der Waals surface area contributed by atoms with Gasteiger partial charge in [0.25, 0.3) is 0 Å². The molecule has 0 radical (unpaired) electrons. The summed E-state index contributed by atoms with van der Waals surface area (Å²) in [5.74, 6) is 0.735. The molecule has 2 N–H and O–H groups in total. The number of phenolic OH excluding ortho intramolecular Hbond substituents is 2. The normalized spacial score (nSPS) is 10.4. The molecule has 0 aliphatic rings. The van der Waals surface area contributed by atoms with Gasteiger partial charge < -0.3 is 65.7 Å². The molecule has 280 valence electrons. The molecule has 0 spiro atoms. The maximum atomic E-state index is 9.29. The Bertz CT molecular complexity index is 978. The van der Waals surface area contributed by atoms with Gasteiger partial charge in [-0.15, -0.1) is 0 Å². The third-order valence-electron chi connectivity index (χ3n) is 7.51. The second-order valence-corrected chi connectivity index (χ2v) is 21.0. The van der Waals surface area contributed by atoms with Crippen molar-refractivity contribution < 1.29 is 88.2 Å². The SMILES string of the molecule is CCCCCCCCCCCCc1ccc(O)cc1.CCCCCCCCCCCCc1ccc(O)cc1.[O-]P([O-])(=S)[S-].[O-]P([O-])(=S)[S-].[Zn+2].[Zn+2].[Zn+2]. The molecule has 0 heterocycles. The first-order chi connectivity index (χ1) is 22.7. The second kappa shape index (κ2) is 42.9. The summed E-state index contributed by atoms with van der Waals surface area (Å²) in [5, 5.41) is 18.4. The molecule has 2 aromatic carbocycles. The maximum absolute atomic E-state index is 9.29. The zero-order chi connectivity index (χ0) is 36.5. The van der Waals surface area contributed by atoms with Gasteiger partial charge in [0.2, 0.25) is 0 Å². The molecule has 0 aliphatic carbocycles. The van der Waals surface area contributed by atoms with Gasteiger partial charge in [-0.2, -0.15) is 23.6 Å². The summed E-state index contributed by atoms with van der Waals surface area (Å²) < 4.78 is 0. The molecule has 0 bridgehead atoms. The molecule has 0 saturated carbocycles. The van der Waals surface area contributed by atoms with Crippen LogP contribution in [-0.4, -0.2) is 10.2 Å². The van der Waals surface area contributed by atoms with Gasteiger partial charge in [0.15, 0.2) is 0 Å². The summed E-state index contributed by atoms with van der Waals surface area (Å²) in [5.41, 5.74) is -4.75. The van der Waals surface area contributed by atoms with E-state index in [-0.39, 0.29) is 58.4 Å². The standard InChI is InChI=1S/2C18H30O.2H3O2PS2.3Zn/c2*1-2-3-4-5-6-7-8-9-10-11-12-17-13-15-18(19)16-14-17;2*1-3(2,4)5;;;/h2*13-16,19H,2-12H2,1H3;2*(H3,1,2,4,5);;;/q;;;;3*+2/p-6. The number of rotatable bonds is 22. The predicted molar refractivity (Wildman–Crippen MR) is 211 cm³/mol. The largest absolute Gasteiger partial charge is 2.00 e. The average Bonchev–Trinajstić information content (AvgIpc) is 2.99. The van der Waals surface area contributed by atoms with Gasteiger partial charge in [-0.05, 0) is 61.1 Å². The first-order valence-electron chi connectivity index (χ1n) is 17.7. The molecule has 51 heavy (non-hydrogen) atoms. The summed E-state index contributed by atoms with van der Waals surface area (Å²) in [6, 6.07) is 15.3. The summed E-state index contributed by atoms with van der Waals surface area (Å²) in [6.45, 7) is 4.54. The van der Waals surface area contributed by atoms with Crippen LogP contribution in [0.15, 0.2) is 48.5 Å². The number of aryl methyl sites for hydroxylation is 2. The van der Waals surface area contributed by atoms with Crippen molar-refractivity contribution in [2.75, 3.05) is 0 Å². The number of hydrogen-bond donors (Lipinski definition) is 2. The van der Waals surface area contributed by atoms with Crippen LogP contribution in [-0.2, 0) is 119 Å². The van der Waals surface area contributed by atoms with Gasteiger partial charge in [-0.3, -0.25) is 0 Å².